The quantitative estimate of drug-likeness (QED) is 0.926. The SMILES string of the molecule is C=C/C=C1\CN=C(c2ccccc2O)N1c1ccccc1C. The molecule has 0 amide bonds. The lowest BCUT2D eigenvalue weighted by molar-refractivity contribution is 0.474. The molecular weight excluding hydrogens is 272 g/mol. The molecule has 0 spiro atoms. The highest BCUT2D eigenvalue weighted by atomic mass is 16.3. The van der Waals surface area contributed by atoms with Gasteiger partial charge in [-0.15, -0.1) is 0 Å². The molecule has 2 aromatic carbocycles. The molecule has 0 saturated heterocycles. The van der Waals surface area contributed by atoms with Crippen LogP contribution in [0.15, 0.2) is 78.0 Å². The van der Waals surface area contributed by atoms with E-state index in [-0.39, 0.29) is 5.75 Å². The molecule has 3 heteroatoms. The van der Waals surface area contributed by atoms with Crippen molar-refractivity contribution in [2.24, 2.45) is 4.99 Å². The third-order valence-electron chi connectivity index (χ3n) is 3.70. The van der Waals surface area contributed by atoms with Gasteiger partial charge in [-0.3, -0.25) is 9.89 Å². The molecule has 2 aromatic rings. The van der Waals surface area contributed by atoms with Gasteiger partial charge in [-0.2, -0.15) is 0 Å². The van der Waals surface area contributed by atoms with E-state index in [2.05, 4.69) is 35.5 Å². The minimum absolute atomic E-state index is 0.236. The first-order valence-electron chi connectivity index (χ1n) is 7.22. The summed E-state index contributed by atoms with van der Waals surface area (Å²) in [6.45, 7) is 6.43. The van der Waals surface area contributed by atoms with Crippen LogP contribution >= 0.6 is 0 Å². The van der Waals surface area contributed by atoms with Gasteiger partial charge in [0.25, 0.3) is 0 Å². The van der Waals surface area contributed by atoms with Crippen LogP contribution in [0.25, 0.3) is 0 Å². The summed E-state index contributed by atoms with van der Waals surface area (Å²) in [4.78, 5) is 6.72. The van der Waals surface area contributed by atoms with Crippen molar-refractivity contribution in [1.29, 1.82) is 0 Å². The Bertz CT molecular complexity index is 775. The van der Waals surface area contributed by atoms with Gasteiger partial charge in [-0.05, 0) is 36.8 Å². The van der Waals surface area contributed by atoms with Gasteiger partial charge in [0.05, 0.1) is 17.8 Å². The second-order valence-corrected chi connectivity index (χ2v) is 5.17. The van der Waals surface area contributed by atoms with E-state index < -0.39 is 0 Å². The lowest BCUT2D eigenvalue weighted by Crippen LogP contribution is -2.27. The highest BCUT2D eigenvalue weighted by Crippen LogP contribution is 2.32. The zero-order valence-corrected chi connectivity index (χ0v) is 12.5. The predicted molar refractivity (Wildman–Crippen MR) is 91.4 cm³/mol. The van der Waals surface area contributed by atoms with Gasteiger partial charge in [0.15, 0.2) is 0 Å². The number of rotatable bonds is 3. The number of para-hydroxylation sites is 2. The van der Waals surface area contributed by atoms with Crippen LogP contribution in [0.3, 0.4) is 0 Å². The molecule has 0 aliphatic carbocycles. The molecule has 22 heavy (non-hydrogen) atoms. The molecule has 0 fully saturated rings. The molecule has 3 rings (SSSR count). The minimum Gasteiger partial charge on any atom is -0.507 e. The molecule has 1 heterocycles. The summed E-state index contributed by atoms with van der Waals surface area (Å²) in [5, 5.41) is 10.2. The molecule has 1 aliphatic heterocycles. The maximum Gasteiger partial charge on any atom is 0.144 e. The average Bonchev–Trinajstić information content (AvgIpc) is 2.92. The van der Waals surface area contributed by atoms with Gasteiger partial charge in [0.2, 0.25) is 0 Å². The van der Waals surface area contributed by atoms with E-state index in [1.807, 2.05) is 36.4 Å². The maximum absolute atomic E-state index is 10.2. The van der Waals surface area contributed by atoms with E-state index >= 15 is 0 Å². The number of nitrogens with zero attached hydrogens (tertiary/aromatic N) is 2. The monoisotopic (exact) mass is 290 g/mol. The Hall–Kier alpha value is -2.81. The molecule has 0 unspecified atom stereocenters. The molecule has 0 bridgehead atoms. The minimum atomic E-state index is 0.236. The summed E-state index contributed by atoms with van der Waals surface area (Å²) in [5.74, 6) is 1.00. The first-order chi connectivity index (χ1) is 10.7. The average molecular weight is 290 g/mol. The fraction of sp³-hybridized carbons (Fsp3) is 0.105. The smallest absolute Gasteiger partial charge is 0.144 e. The molecule has 110 valence electrons. The molecule has 0 radical (unpaired) electrons. The van der Waals surface area contributed by atoms with E-state index in [0.29, 0.717) is 6.54 Å². The fourth-order valence-electron chi connectivity index (χ4n) is 2.65. The number of hydrogen-bond donors (Lipinski definition) is 1. The number of aliphatic imine (C=N–C) groups is 1. The van der Waals surface area contributed by atoms with E-state index in [4.69, 9.17) is 0 Å². The Balaban J connectivity index is 2.14. The van der Waals surface area contributed by atoms with Crippen LogP contribution in [0, 0.1) is 6.92 Å². The highest BCUT2D eigenvalue weighted by Gasteiger charge is 2.27. The lowest BCUT2D eigenvalue weighted by atomic mass is 10.1. The number of phenols is 1. The summed E-state index contributed by atoms with van der Waals surface area (Å²) < 4.78 is 0. The van der Waals surface area contributed by atoms with Crippen LogP contribution < -0.4 is 4.90 Å². The first-order valence-corrected chi connectivity index (χ1v) is 7.22. The zero-order chi connectivity index (χ0) is 15.5. The van der Waals surface area contributed by atoms with Crippen LogP contribution in [-0.4, -0.2) is 17.5 Å². The predicted octanol–water partition coefficient (Wildman–Crippen LogP) is 4.04. The summed E-state index contributed by atoms with van der Waals surface area (Å²) in [5.41, 5.74) is 4.00. The van der Waals surface area contributed by atoms with Crippen LogP contribution in [0.1, 0.15) is 11.1 Å². The first kappa shape index (κ1) is 14.1. The van der Waals surface area contributed by atoms with E-state index in [1.54, 1.807) is 12.1 Å². The summed E-state index contributed by atoms with van der Waals surface area (Å²) >= 11 is 0. The van der Waals surface area contributed by atoms with Crippen molar-refractivity contribution in [2.75, 3.05) is 11.4 Å². The second kappa shape index (κ2) is 5.90. The zero-order valence-electron chi connectivity index (χ0n) is 12.5. The van der Waals surface area contributed by atoms with Crippen LogP contribution in [0.4, 0.5) is 5.69 Å². The Morgan fingerprint density at radius 1 is 1.14 bits per heavy atom. The largest absolute Gasteiger partial charge is 0.507 e. The Morgan fingerprint density at radius 3 is 2.59 bits per heavy atom. The van der Waals surface area contributed by atoms with Gasteiger partial charge in [0.1, 0.15) is 11.6 Å². The van der Waals surface area contributed by atoms with Crippen LogP contribution in [0.5, 0.6) is 5.75 Å². The van der Waals surface area contributed by atoms with Crippen molar-refractivity contribution in [2.45, 2.75) is 6.92 Å². The number of phenolic OH excluding ortho intramolecular Hbond substituents is 1. The van der Waals surface area contributed by atoms with Gasteiger partial charge < -0.3 is 5.11 Å². The molecule has 0 aromatic heterocycles. The fourth-order valence-corrected chi connectivity index (χ4v) is 2.65. The van der Waals surface area contributed by atoms with Gasteiger partial charge in [-0.25, -0.2) is 0 Å². The van der Waals surface area contributed by atoms with Gasteiger partial charge in [-0.1, -0.05) is 43.0 Å². The number of amidine groups is 1. The summed E-state index contributed by atoms with van der Waals surface area (Å²) in [6, 6.07) is 15.4. The van der Waals surface area contributed by atoms with Crippen molar-refractivity contribution in [3.8, 4) is 5.75 Å². The number of anilines is 1. The third kappa shape index (κ3) is 2.42. The topological polar surface area (TPSA) is 35.8 Å². The number of benzene rings is 2. The third-order valence-corrected chi connectivity index (χ3v) is 3.70. The normalized spacial score (nSPS) is 16.0. The van der Waals surface area contributed by atoms with Gasteiger partial charge in [0, 0.05) is 5.70 Å². The van der Waals surface area contributed by atoms with Crippen molar-refractivity contribution < 1.29 is 5.11 Å². The highest BCUT2D eigenvalue weighted by molar-refractivity contribution is 6.15. The Labute approximate surface area is 130 Å². The van der Waals surface area contributed by atoms with Gasteiger partial charge >= 0.3 is 0 Å². The summed E-state index contributed by atoms with van der Waals surface area (Å²) in [6.07, 6.45) is 3.73. The van der Waals surface area contributed by atoms with Crippen LogP contribution in [0.2, 0.25) is 0 Å². The van der Waals surface area contributed by atoms with E-state index in [1.165, 1.54) is 0 Å². The number of aromatic hydroxyl groups is 1. The Kier molecular flexibility index (Phi) is 3.79. The number of aryl methyl sites for hydroxylation is 1. The lowest BCUT2D eigenvalue weighted by Gasteiger charge is -2.24. The summed E-state index contributed by atoms with van der Waals surface area (Å²) in [7, 11) is 0. The molecule has 1 aliphatic rings. The van der Waals surface area contributed by atoms with Crippen molar-refractivity contribution in [3.63, 3.8) is 0 Å². The molecule has 0 saturated carbocycles. The molecule has 3 nitrogen and oxygen atoms in total. The van der Waals surface area contributed by atoms with Crippen molar-refractivity contribution >= 4 is 11.5 Å². The molecule has 0 atom stereocenters. The van der Waals surface area contributed by atoms with E-state index in [0.717, 1.165) is 28.3 Å². The van der Waals surface area contributed by atoms with Crippen molar-refractivity contribution in [1.82, 2.24) is 0 Å². The molecule has 1 N–H and O–H groups in total. The standard InChI is InChI=1S/C19H18N2O/c1-3-8-15-13-20-19(16-10-5-7-12-18(16)22)21(15)17-11-6-4-9-14(17)2/h3-12,22H,1,13H2,2H3/b15-8+. The van der Waals surface area contributed by atoms with Crippen molar-refractivity contribution in [3.05, 3.63) is 84.1 Å². The van der Waals surface area contributed by atoms with Crippen LogP contribution in [-0.2, 0) is 0 Å². The molecular formula is C19H18N2O. The number of allylic oxidation sites excluding steroid dienone is 2. The maximum atomic E-state index is 10.2. The Morgan fingerprint density at radius 2 is 1.86 bits per heavy atom. The van der Waals surface area contributed by atoms with E-state index in [9.17, 15) is 5.11 Å². The number of hydrogen-bond acceptors (Lipinski definition) is 3. The second-order valence-electron chi connectivity index (χ2n) is 5.17.